The summed E-state index contributed by atoms with van der Waals surface area (Å²) in [5.41, 5.74) is 7.54. The van der Waals surface area contributed by atoms with E-state index in [1.807, 2.05) is 0 Å². The standard InChI is InChI=1S/C32H18I2N2/c33-35-29-8-4-3-7-25(29)28-16-21-10-9-20(15-23(21)18-31(28)35)22-12-13-26-27-14-11-19-5-1-2-6-24(19)32(27)36(34)30(26)17-22/h1-18H. The third-order valence-electron chi connectivity index (χ3n) is 7.50. The zero-order chi connectivity index (χ0) is 24.0. The van der Waals surface area contributed by atoms with E-state index >= 15 is 0 Å². The van der Waals surface area contributed by atoms with Crippen LogP contribution in [0.3, 0.4) is 0 Å². The topological polar surface area (TPSA) is 9.86 Å². The molecule has 4 heteroatoms. The molecule has 6 aromatic carbocycles. The number of hydrogen-bond acceptors (Lipinski definition) is 0. The molecule has 8 aromatic rings. The van der Waals surface area contributed by atoms with Crippen LogP contribution in [0.1, 0.15) is 0 Å². The Bertz CT molecular complexity index is 2180. The monoisotopic (exact) mass is 684 g/mol. The second kappa shape index (κ2) is 7.70. The average Bonchev–Trinajstić information content (AvgIpc) is 3.38. The summed E-state index contributed by atoms with van der Waals surface area (Å²) in [5, 5.41) is 10.3. The highest BCUT2D eigenvalue weighted by molar-refractivity contribution is 14.1. The number of halogens is 2. The van der Waals surface area contributed by atoms with E-state index in [-0.39, 0.29) is 0 Å². The van der Waals surface area contributed by atoms with E-state index in [1.165, 1.54) is 76.3 Å². The summed E-state index contributed by atoms with van der Waals surface area (Å²) >= 11 is 4.89. The maximum absolute atomic E-state index is 2.46. The number of hydrogen-bond donors (Lipinski definition) is 0. The Morgan fingerprint density at radius 1 is 0.389 bits per heavy atom. The first-order valence-electron chi connectivity index (χ1n) is 11.9. The average molecular weight is 684 g/mol. The van der Waals surface area contributed by atoms with E-state index in [0.29, 0.717) is 0 Å². The van der Waals surface area contributed by atoms with Crippen LogP contribution in [0.5, 0.6) is 0 Å². The van der Waals surface area contributed by atoms with Crippen LogP contribution in [-0.2, 0) is 0 Å². The Hall–Kier alpha value is -3.10. The molecule has 0 saturated carbocycles. The van der Waals surface area contributed by atoms with E-state index in [2.05, 4.69) is 160 Å². The van der Waals surface area contributed by atoms with Crippen molar-refractivity contribution in [3.05, 3.63) is 109 Å². The lowest BCUT2D eigenvalue weighted by Crippen LogP contribution is -1.83. The van der Waals surface area contributed by atoms with Crippen molar-refractivity contribution in [1.82, 2.24) is 5.56 Å². The molecule has 0 fully saturated rings. The molecule has 36 heavy (non-hydrogen) atoms. The second-order valence-electron chi connectivity index (χ2n) is 9.42. The van der Waals surface area contributed by atoms with Crippen molar-refractivity contribution in [3.63, 3.8) is 0 Å². The third-order valence-corrected chi connectivity index (χ3v) is 9.54. The van der Waals surface area contributed by atoms with Crippen molar-refractivity contribution < 1.29 is 0 Å². The van der Waals surface area contributed by atoms with E-state index in [1.54, 1.807) is 0 Å². The molecule has 0 saturated heterocycles. The number of rotatable bonds is 1. The van der Waals surface area contributed by atoms with Gasteiger partial charge in [-0.05, 0) is 57.6 Å². The molecule has 0 atom stereocenters. The zero-order valence-electron chi connectivity index (χ0n) is 19.0. The van der Waals surface area contributed by atoms with Crippen LogP contribution < -0.4 is 0 Å². The van der Waals surface area contributed by atoms with Gasteiger partial charge in [-0.1, -0.05) is 78.9 Å². The van der Waals surface area contributed by atoms with E-state index in [4.69, 9.17) is 0 Å². The van der Waals surface area contributed by atoms with Crippen LogP contribution in [0.4, 0.5) is 0 Å². The van der Waals surface area contributed by atoms with Gasteiger partial charge in [-0.25, -0.2) is 0 Å². The molecule has 0 spiro atoms. The summed E-state index contributed by atoms with van der Waals surface area (Å²) in [6.45, 7) is 0. The number of aromatic nitrogens is 2. The molecule has 0 bridgehead atoms. The molecule has 0 unspecified atom stereocenters. The molecule has 0 amide bonds. The fourth-order valence-corrected chi connectivity index (χ4v) is 7.49. The number of fused-ring (bicyclic) bond motifs is 9. The van der Waals surface area contributed by atoms with Crippen molar-refractivity contribution >= 4 is 111 Å². The van der Waals surface area contributed by atoms with Crippen LogP contribution in [0.25, 0.3) is 76.3 Å². The van der Waals surface area contributed by atoms with Gasteiger partial charge in [0.2, 0.25) is 0 Å². The minimum absolute atomic E-state index is 1.24. The fraction of sp³-hybridized carbons (Fsp3) is 0. The molecule has 0 aliphatic carbocycles. The molecular weight excluding hydrogens is 666 g/mol. The molecule has 2 aromatic heterocycles. The predicted molar refractivity (Wildman–Crippen MR) is 172 cm³/mol. The predicted octanol–water partition coefficient (Wildman–Crippen LogP) is 10.3. The van der Waals surface area contributed by atoms with E-state index < -0.39 is 0 Å². The minimum atomic E-state index is 1.24. The smallest absolute Gasteiger partial charge is 0.0668 e. The van der Waals surface area contributed by atoms with Crippen molar-refractivity contribution in [2.75, 3.05) is 0 Å². The van der Waals surface area contributed by atoms with Gasteiger partial charge < -0.3 is 0 Å². The summed E-state index contributed by atoms with van der Waals surface area (Å²) in [7, 11) is 0. The van der Waals surface area contributed by atoms with E-state index in [9.17, 15) is 0 Å². The molecule has 0 aliphatic heterocycles. The van der Waals surface area contributed by atoms with Gasteiger partial charge in [-0.2, -0.15) is 0 Å². The van der Waals surface area contributed by atoms with Crippen LogP contribution in [0.2, 0.25) is 0 Å². The highest BCUT2D eigenvalue weighted by Gasteiger charge is 2.14. The Kier molecular flexibility index (Phi) is 4.50. The summed E-state index contributed by atoms with van der Waals surface area (Å²) in [5.74, 6) is 0. The molecule has 2 heterocycles. The quantitative estimate of drug-likeness (QED) is 0.152. The van der Waals surface area contributed by atoms with Crippen molar-refractivity contribution in [2.24, 2.45) is 0 Å². The maximum atomic E-state index is 2.46. The molecule has 0 radical (unpaired) electrons. The highest BCUT2D eigenvalue weighted by Crippen LogP contribution is 2.39. The molecular formula is C32H18I2N2. The minimum Gasteiger partial charge on any atom is -0.282 e. The van der Waals surface area contributed by atoms with Gasteiger partial charge in [0.05, 0.1) is 67.8 Å². The van der Waals surface area contributed by atoms with Crippen molar-refractivity contribution in [1.29, 1.82) is 0 Å². The van der Waals surface area contributed by atoms with Gasteiger partial charge in [0.1, 0.15) is 0 Å². The summed E-state index contributed by atoms with van der Waals surface area (Å²) < 4.78 is 4.60. The first kappa shape index (κ1) is 21.0. The lowest BCUT2D eigenvalue weighted by Gasteiger charge is -2.07. The first-order chi connectivity index (χ1) is 17.7. The lowest BCUT2D eigenvalue weighted by molar-refractivity contribution is 1.50. The summed E-state index contributed by atoms with van der Waals surface area (Å²) in [6.07, 6.45) is 0. The maximum Gasteiger partial charge on any atom is 0.0668 e. The van der Waals surface area contributed by atoms with Crippen molar-refractivity contribution in [2.45, 2.75) is 0 Å². The normalized spacial score (nSPS) is 12.2. The molecule has 8 rings (SSSR count). The van der Waals surface area contributed by atoms with Crippen LogP contribution in [0, 0.1) is 0 Å². The molecule has 0 N–H and O–H groups in total. The molecule has 170 valence electrons. The zero-order valence-corrected chi connectivity index (χ0v) is 23.4. The van der Waals surface area contributed by atoms with Gasteiger partial charge in [0, 0.05) is 26.9 Å². The van der Waals surface area contributed by atoms with Crippen molar-refractivity contribution in [3.8, 4) is 11.1 Å². The van der Waals surface area contributed by atoms with Gasteiger partial charge in [-0.3, -0.25) is 5.56 Å². The summed E-state index contributed by atoms with van der Waals surface area (Å²) in [4.78, 5) is 0. The first-order valence-corrected chi connectivity index (χ1v) is 13.9. The van der Waals surface area contributed by atoms with Crippen LogP contribution in [-0.4, -0.2) is 5.56 Å². The number of benzene rings is 6. The summed E-state index contributed by atoms with van der Waals surface area (Å²) in [6, 6.07) is 40.2. The Morgan fingerprint density at radius 3 is 1.97 bits per heavy atom. The Morgan fingerprint density at radius 2 is 1.06 bits per heavy atom. The largest absolute Gasteiger partial charge is 0.282 e. The van der Waals surface area contributed by atoms with Gasteiger partial charge in [-0.15, -0.1) is 0 Å². The van der Waals surface area contributed by atoms with Gasteiger partial charge in [0.15, 0.2) is 0 Å². The van der Waals surface area contributed by atoms with Crippen LogP contribution in [0.15, 0.2) is 109 Å². The van der Waals surface area contributed by atoms with Gasteiger partial charge >= 0.3 is 0 Å². The molecule has 2 nitrogen and oxygen atoms in total. The lowest BCUT2D eigenvalue weighted by atomic mass is 9.98. The Balaban J connectivity index is 1.35. The number of nitrogens with zero attached hydrogens (tertiary/aromatic N) is 2. The molecule has 0 aliphatic rings. The Labute approximate surface area is 235 Å². The van der Waals surface area contributed by atoms with Gasteiger partial charge in [0.25, 0.3) is 0 Å². The fourth-order valence-electron chi connectivity index (χ4n) is 5.75. The number of para-hydroxylation sites is 1. The SMILES string of the molecule is In1c2ccccc2c2cc3ccc(-c4ccc5c6ccc7ccccc7c6n(I)c5c4)cc3cc21. The highest BCUT2D eigenvalue weighted by atomic mass is 127. The van der Waals surface area contributed by atoms with Crippen LogP contribution >= 0.6 is 45.7 Å². The second-order valence-corrected chi connectivity index (χ2v) is 11.4. The van der Waals surface area contributed by atoms with E-state index in [0.717, 1.165) is 0 Å². The third kappa shape index (κ3) is 2.88.